The molecule has 0 unspecified atom stereocenters. The SMILES string of the molecule is COc1ccc([C@@H]2CC(=O)Oc3ccc4c(c32)O/C(=C\c2cccc(OC)c2OC)C4=O)cc1O. The lowest BCUT2D eigenvalue weighted by Gasteiger charge is -2.26. The molecule has 3 aromatic rings. The second kappa shape index (κ2) is 8.72. The predicted octanol–water partition coefficient (Wildman–Crippen LogP) is 4.48. The van der Waals surface area contributed by atoms with E-state index in [0.29, 0.717) is 51.0 Å². The summed E-state index contributed by atoms with van der Waals surface area (Å²) in [5.74, 6) is 0.785. The van der Waals surface area contributed by atoms with Crippen molar-refractivity contribution in [3.05, 3.63) is 76.5 Å². The van der Waals surface area contributed by atoms with E-state index in [2.05, 4.69) is 0 Å². The average molecular weight is 474 g/mol. The number of methoxy groups -OCH3 is 3. The zero-order valence-corrected chi connectivity index (χ0v) is 19.3. The Morgan fingerprint density at radius 2 is 1.74 bits per heavy atom. The van der Waals surface area contributed by atoms with Gasteiger partial charge in [-0.25, -0.2) is 0 Å². The minimum Gasteiger partial charge on any atom is -0.504 e. The number of aromatic hydroxyl groups is 1. The lowest BCUT2D eigenvalue weighted by molar-refractivity contribution is -0.135. The molecule has 0 aliphatic carbocycles. The Bertz CT molecular complexity index is 1390. The molecule has 0 aromatic heterocycles. The normalized spacial score (nSPS) is 17.3. The molecule has 8 nitrogen and oxygen atoms in total. The highest BCUT2D eigenvalue weighted by Crippen LogP contribution is 2.50. The van der Waals surface area contributed by atoms with Crippen molar-refractivity contribution in [2.24, 2.45) is 0 Å². The van der Waals surface area contributed by atoms with Crippen LogP contribution in [-0.2, 0) is 4.79 Å². The van der Waals surface area contributed by atoms with Crippen LogP contribution in [0.15, 0.2) is 54.3 Å². The third-order valence-corrected chi connectivity index (χ3v) is 6.10. The molecule has 1 N–H and O–H groups in total. The van der Waals surface area contributed by atoms with Crippen molar-refractivity contribution >= 4 is 17.8 Å². The lowest BCUT2D eigenvalue weighted by Crippen LogP contribution is -2.21. The number of fused-ring (bicyclic) bond motifs is 3. The zero-order valence-electron chi connectivity index (χ0n) is 19.3. The maximum atomic E-state index is 13.3. The van der Waals surface area contributed by atoms with Crippen molar-refractivity contribution < 1.29 is 38.4 Å². The highest BCUT2D eigenvalue weighted by atomic mass is 16.5. The van der Waals surface area contributed by atoms with Crippen molar-refractivity contribution in [1.82, 2.24) is 0 Å². The van der Waals surface area contributed by atoms with Gasteiger partial charge < -0.3 is 28.8 Å². The number of para-hydroxylation sites is 1. The molecule has 8 heteroatoms. The van der Waals surface area contributed by atoms with E-state index < -0.39 is 11.9 Å². The lowest BCUT2D eigenvalue weighted by atomic mass is 9.84. The van der Waals surface area contributed by atoms with Crippen LogP contribution in [0, 0.1) is 0 Å². The fourth-order valence-corrected chi connectivity index (χ4v) is 4.48. The number of carbonyl (C=O) groups excluding carboxylic acids is 2. The molecule has 0 saturated carbocycles. The van der Waals surface area contributed by atoms with Crippen molar-refractivity contribution in [3.63, 3.8) is 0 Å². The number of phenolic OH excluding ortho intramolecular Hbond substituents is 1. The number of hydrogen-bond donors (Lipinski definition) is 1. The summed E-state index contributed by atoms with van der Waals surface area (Å²) in [7, 11) is 4.51. The zero-order chi connectivity index (χ0) is 24.7. The molecule has 5 rings (SSSR count). The van der Waals surface area contributed by atoms with Crippen LogP contribution in [0.3, 0.4) is 0 Å². The number of allylic oxidation sites excluding steroid dienone is 1. The molecule has 0 amide bonds. The van der Waals surface area contributed by atoms with Gasteiger partial charge in [0.1, 0.15) is 11.5 Å². The van der Waals surface area contributed by atoms with Gasteiger partial charge in [-0.2, -0.15) is 0 Å². The minimum atomic E-state index is -0.489. The molecule has 0 fully saturated rings. The van der Waals surface area contributed by atoms with Crippen LogP contribution in [0.2, 0.25) is 0 Å². The van der Waals surface area contributed by atoms with Crippen LogP contribution in [0.5, 0.6) is 34.5 Å². The van der Waals surface area contributed by atoms with Gasteiger partial charge in [0.15, 0.2) is 28.8 Å². The number of carbonyl (C=O) groups is 2. The summed E-state index contributed by atoms with van der Waals surface area (Å²) in [6, 6.07) is 13.4. The number of ketones is 1. The fourth-order valence-electron chi connectivity index (χ4n) is 4.48. The van der Waals surface area contributed by atoms with E-state index in [0.717, 1.165) is 0 Å². The average Bonchev–Trinajstić information content (AvgIpc) is 3.18. The first-order valence-corrected chi connectivity index (χ1v) is 10.8. The van der Waals surface area contributed by atoms with Gasteiger partial charge in [0.2, 0.25) is 5.78 Å². The van der Waals surface area contributed by atoms with Crippen LogP contribution in [-0.4, -0.2) is 38.2 Å². The predicted molar refractivity (Wildman–Crippen MR) is 126 cm³/mol. The molecule has 35 heavy (non-hydrogen) atoms. The van der Waals surface area contributed by atoms with Gasteiger partial charge in [-0.05, 0) is 42.0 Å². The van der Waals surface area contributed by atoms with E-state index in [1.54, 1.807) is 54.6 Å². The maximum absolute atomic E-state index is 13.3. The monoisotopic (exact) mass is 474 g/mol. The first kappa shape index (κ1) is 22.3. The van der Waals surface area contributed by atoms with Gasteiger partial charge >= 0.3 is 5.97 Å². The second-order valence-corrected chi connectivity index (χ2v) is 8.04. The van der Waals surface area contributed by atoms with E-state index in [4.69, 9.17) is 23.7 Å². The van der Waals surface area contributed by atoms with Gasteiger partial charge in [0, 0.05) is 17.0 Å². The molecule has 3 aromatic carbocycles. The Morgan fingerprint density at radius 1 is 0.943 bits per heavy atom. The first-order chi connectivity index (χ1) is 16.9. The highest BCUT2D eigenvalue weighted by Gasteiger charge is 2.38. The van der Waals surface area contributed by atoms with Gasteiger partial charge in [-0.15, -0.1) is 0 Å². The van der Waals surface area contributed by atoms with Crippen molar-refractivity contribution in [2.45, 2.75) is 12.3 Å². The van der Waals surface area contributed by atoms with Crippen LogP contribution in [0.4, 0.5) is 0 Å². The smallest absolute Gasteiger partial charge is 0.312 e. The van der Waals surface area contributed by atoms with Crippen LogP contribution >= 0.6 is 0 Å². The fraction of sp³-hybridized carbons (Fsp3) is 0.185. The summed E-state index contributed by atoms with van der Waals surface area (Å²) in [6.45, 7) is 0. The van der Waals surface area contributed by atoms with Gasteiger partial charge in [0.05, 0.1) is 33.3 Å². The Morgan fingerprint density at radius 3 is 2.46 bits per heavy atom. The number of esters is 1. The standard InChI is InChI=1S/C27H22O8/c1-31-19-9-7-14(11-18(19)28)17-13-23(29)34-20-10-8-16-25(30)22(35-27(16)24(17)20)12-15-5-4-6-21(32-2)26(15)33-3/h4-12,17,28H,13H2,1-3H3/b22-12-/t17-/m0/s1. The number of Topliss-reactive ketones (excluding diaryl/α,β-unsaturated/α-hetero) is 1. The van der Waals surface area contributed by atoms with Gasteiger partial charge in [0.25, 0.3) is 0 Å². The summed E-state index contributed by atoms with van der Waals surface area (Å²) in [5.41, 5.74) is 2.20. The topological polar surface area (TPSA) is 101 Å². The van der Waals surface area contributed by atoms with Crippen molar-refractivity contribution in [2.75, 3.05) is 21.3 Å². The summed E-state index contributed by atoms with van der Waals surface area (Å²) in [6.07, 6.45) is 1.62. The van der Waals surface area contributed by atoms with Crippen LogP contribution in [0.1, 0.15) is 39.4 Å². The largest absolute Gasteiger partial charge is 0.504 e. The Kier molecular flexibility index (Phi) is 5.56. The summed E-state index contributed by atoms with van der Waals surface area (Å²) >= 11 is 0. The molecule has 178 valence electrons. The Labute approximate surface area is 201 Å². The molecule has 1 atom stereocenters. The van der Waals surface area contributed by atoms with Crippen molar-refractivity contribution in [1.29, 1.82) is 0 Å². The molecule has 2 aliphatic rings. The van der Waals surface area contributed by atoms with E-state index in [9.17, 15) is 14.7 Å². The quantitative estimate of drug-likeness (QED) is 0.328. The molecule has 0 radical (unpaired) electrons. The maximum Gasteiger partial charge on any atom is 0.312 e. The van der Waals surface area contributed by atoms with Gasteiger partial charge in [-0.1, -0.05) is 18.2 Å². The van der Waals surface area contributed by atoms with Crippen LogP contribution in [0.25, 0.3) is 6.08 Å². The summed E-state index contributed by atoms with van der Waals surface area (Å²) in [4.78, 5) is 25.6. The third kappa shape index (κ3) is 3.73. The first-order valence-electron chi connectivity index (χ1n) is 10.8. The minimum absolute atomic E-state index is 0.0233. The third-order valence-electron chi connectivity index (χ3n) is 6.10. The van der Waals surface area contributed by atoms with Gasteiger partial charge in [-0.3, -0.25) is 9.59 Å². The second-order valence-electron chi connectivity index (χ2n) is 8.04. The van der Waals surface area contributed by atoms with E-state index in [1.165, 1.54) is 21.3 Å². The van der Waals surface area contributed by atoms with E-state index in [1.807, 2.05) is 0 Å². The Hall–Kier alpha value is -4.46. The summed E-state index contributed by atoms with van der Waals surface area (Å²) < 4.78 is 27.5. The number of phenols is 1. The van der Waals surface area contributed by atoms with Crippen molar-refractivity contribution in [3.8, 4) is 34.5 Å². The molecular weight excluding hydrogens is 452 g/mol. The molecule has 0 spiro atoms. The molecule has 0 saturated heterocycles. The van der Waals surface area contributed by atoms with E-state index in [-0.39, 0.29) is 23.7 Å². The molecular formula is C27H22O8. The highest BCUT2D eigenvalue weighted by molar-refractivity contribution is 6.15. The number of hydrogen-bond acceptors (Lipinski definition) is 8. The number of benzene rings is 3. The Balaban J connectivity index is 1.61. The number of rotatable bonds is 5. The summed E-state index contributed by atoms with van der Waals surface area (Å²) in [5, 5.41) is 10.3. The number of ether oxygens (including phenoxy) is 5. The molecule has 2 aliphatic heterocycles. The van der Waals surface area contributed by atoms with E-state index >= 15 is 0 Å². The van der Waals surface area contributed by atoms with Crippen LogP contribution < -0.4 is 23.7 Å². The molecule has 2 heterocycles. The molecule has 0 bridgehead atoms.